The quantitative estimate of drug-likeness (QED) is 0.890. The van der Waals surface area contributed by atoms with Crippen molar-refractivity contribution < 1.29 is 13.2 Å². The van der Waals surface area contributed by atoms with E-state index in [0.29, 0.717) is 6.42 Å². The molecule has 2 atom stereocenters. The van der Waals surface area contributed by atoms with E-state index in [2.05, 4.69) is 5.32 Å². The highest BCUT2D eigenvalue weighted by Gasteiger charge is 2.45. The van der Waals surface area contributed by atoms with Gasteiger partial charge in [0.05, 0.1) is 6.26 Å². The van der Waals surface area contributed by atoms with Crippen LogP contribution in [-0.2, 0) is 21.2 Å². The van der Waals surface area contributed by atoms with E-state index in [1.165, 1.54) is 6.26 Å². The molecule has 2 saturated heterocycles. The molecule has 1 amide bonds. The number of aryl methyl sites for hydroxylation is 1. The predicted molar refractivity (Wildman–Crippen MR) is 89.4 cm³/mol. The molecule has 3 rings (SSSR count). The van der Waals surface area contributed by atoms with Gasteiger partial charge in [-0.15, -0.1) is 0 Å². The first kappa shape index (κ1) is 16.5. The lowest BCUT2D eigenvalue weighted by atomic mass is 9.99. The zero-order valence-electron chi connectivity index (χ0n) is 13.4. The van der Waals surface area contributed by atoms with Gasteiger partial charge in [-0.25, -0.2) is 8.42 Å². The molecular formula is C17H24N2O3S. The molecule has 1 aromatic rings. The topological polar surface area (TPSA) is 66.5 Å². The second-order valence-corrected chi connectivity index (χ2v) is 8.59. The molecule has 0 radical (unpaired) electrons. The number of carbonyl (C=O) groups is 1. The molecule has 0 saturated carbocycles. The molecule has 2 bridgehead atoms. The lowest BCUT2D eigenvalue weighted by Gasteiger charge is -2.37. The van der Waals surface area contributed by atoms with Crippen molar-refractivity contribution in [2.75, 3.05) is 6.26 Å². The molecule has 0 aromatic heterocycles. The highest BCUT2D eigenvalue weighted by Crippen LogP contribution is 2.37. The van der Waals surface area contributed by atoms with E-state index in [1.807, 2.05) is 30.3 Å². The number of amides is 1. The van der Waals surface area contributed by atoms with Gasteiger partial charge in [0.2, 0.25) is 15.9 Å². The van der Waals surface area contributed by atoms with E-state index in [0.717, 1.165) is 37.7 Å². The fourth-order valence-electron chi connectivity index (χ4n) is 4.00. The van der Waals surface area contributed by atoms with Crippen molar-refractivity contribution in [2.24, 2.45) is 0 Å². The summed E-state index contributed by atoms with van der Waals surface area (Å²) >= 11 is 0. The fraction of sp³-hybridized carbons (Fsp3) is 0.588. The van der Waals surface area contributed by atoms with Crippen LogP contribution in [0.5, 0.6) is 0 Å². The van der Waals surface area contributed by atoms with Crippen molar-refractivity contribution in [2.45, 2.75) is 56.7 Å². The first-order chi connectivity index (χ1) is 10.9. The molecule has 0 unspecified atom stereocenters. The van der Waals surface area contributed by atoms with Crippen molar-refractivity contribution >= 4 is 15.9 Å². The van der Waals surface area contributed by atoms with E-state index in [4.69, 9.17) is 0 Å². The van der Waals surface area contributed by atoms with E-state index in [1.54, 1.807) is 4.31 Å². The zero-order chi connectivity index (χ0) is 16.4. The third-order valence-corrected chi connectivity index (χ3v) is 6.26. The minimum atomic E-state index is -3.14. The van der Waals surface area contributed by atoms with Crippen LogP contribution in [0, 0.1) is 0 Å². The number of rotatable bonds is 5. The molecule has 2 aliphatic rings. The monoisotopic (exact) mass is 336 g/mol. The van der Waals surface area contributed by atoms with Gasteiger partial charge in [-0.1, -0.05) is 30.3 Å². The summed E-state index contributed by atoms with van der Waals surface area (Å²) in [7, 11) is -3.14. The van der Waals surface area contributed by atoms with Gasteiger partial charge in [0.25, 0.3) is 0 Å². The van der Waals surface area contributed by atoms with Gasteiger partial charge in [-0.05, 0) is 37.7 Å². The van der Waals surface area contributed by atoms with E-state index in [-0.39, 0.29) is 24.0 Å². The first-order valence-electron chi connectivity index (χ1n) is 8.25. The van der Waals surface area contributed by atoms with Crippen LogP contribution in [0.1, 0.15) is 37.7 Å². The highest BCUT2D eigenvalue weighted by molar-refractivity contribution is 7.88. The molecule has 1 N–H and O–H groups in total. The average Bonchev–Trinajstić information content (AvgIpc) is 2.79. The Morgan fingerprint density at radius 2 is 1.78 bits per heavy atom. The number of nitrogens with one attached hydrogen (secondary N) is 1. The van der Waals surface area contributed by atoms with Crippen LogP contribution in [-0.4, -0.2) is 43.0 Å². The zero-order valence-corrected chi connectivity index (χ0v) is 14.3. The predicted octanol–water partition coefficient (Wildman–Crippen LogP) is 1.69. The molecule has 2 heterocycles. The Balaban J connectivity index is 1.51. The van der Waals surface area contributed by atoms with Crippen molar-refractivity contribution in [3.8, 4) is 0 Å². The summed E-state index contributed by atoms with van der Waals surface area (Å²) in [6.45, 7) is 0. The number of piperidine rings is 1. The smallest absolute Gasteiger partial charge is 0.220 e. The number of fused-ring (bicyclic) bond motifs is 2. The number of hydrogen-bond donors (Lipinski definition) is 1. The van der Waals surface area contributed by atoms with Crippen molar-refractivity contribution in [1.82, 2.24) is 9.62 Å². The largest absolute Gasteiger partial charge is 0.353 e. The second-order valence-electron chi connectivity index (χ2n) is 6.70. The summed E-state index contributed by atoms with van der Waals surface area (Å²) in [6.07, 6.45) is 5.80. The third-order valence-electron chi connectivity index (χ3n) is 4.90. The maximum atomic E-state index is 12.2. The standard InChI is InChI=1S/C17H24N2O3S/c1-23(21,22)19-15-8-9-16(19)12-14(11-15)18-17(20)10-7-13-5-3-2-4-6-13/h2-6,14-16H,7-12H2,1H3,(H,18,20)/t15-,16-/m0/s1. The molecule has 126 valence electrons. The molecule has 0 aliphatic carbocycles. The summed E-state index contributed by atoms with van der Waals surface area (Å²) in [6, 6.07) is 10.2. The van der Waals surface area contributed by atoms with Gasteiger partial charge in [0.1, 0.15) is 0 Å². The summed E-state index contributed by atoms with van der Waals surface area (Å²) in [5.74, 6) is 0.0612. The van der Waals surface area contributed by atoms with Crippen LogP contribution in [0.15, 0.2) is 30.3 Å². The van der Waals surface area contributed by atoms with E-state index >= 15 is 0 Å². The molecule has 2 aliphatic heterocycles. The molecular weight excluding hydrogens is 312 g/mol. The minimum Gasteiger partial charge on any atom is -0.353 e. The van der Waals surface area contributed by atoms with Crippen LogP contribution < -0.4 is 5.32 Å². The van der Waals surface area contributed by atoms with Crippen molar-refractivity contribution in [3.63, 3.8) is 0 Å². The van der Waals surface area contributed by atoms with Gasteiger partial charge >= 0.3 is 0 Å². The molecule has 23 heavy (non-hydrogen) atoms. The number of sulfonamides is 1. The van der Waals surface area contributed by atoms with Crippen molar-refractivity contribution in [3.05, 3.63) is 35.9 Å². The third kappa shape index (κ3) is 3.93. The SMILES string of the molecule is CS(=O)(=O)N1[C@H]2CC[C@H]1CC(NC(=O)CCc1ccccc1)C2. The number of carbonyl (C=O) groups excluding carboxylic acids is 1. The van der Waals surface area contributed by atoms with Gasteiger partial charge in [0.15, 0.2) is 0 Å². The van der Waals surface area contributed by atoms with Gasteiger partial charge in [-0.3, -0.25) is 4.79 Å². The Labute approximate surface area is 138 Å². The normalized spacial score (nSPS) is 27.8. The van der Waals surface area contributed by atoms with Gasteiger partial charge in [-0.2, -0.15) is 4.31 Å². The van der Waals surface area contributed by atoms with Gasteiger partial charge < -0.3 is 5.32 Å². The molecule has 5 nitrogen and oxygen atoms in total. The number of hydrogen-bond acceptors (Lipinski definition) is 3. The summed E-state index contributed by atoms with van der Waals surface area (Å²) in [4.78, 5) is 12.2. The Kier molecular flexibility index (Phi) is 4.73. The van der Waals surface area contributed by atoms with Crippen LogP contribution in [0.2, 0.25) is 0 Å². The Hall–Kier alpha value is -1.40. The highest BCUT2D eigenvalue weighted by atomic mass is 32.2. The van der Waals surface area contributed by atoms with Crippen LogP contribution in [0.25, 0.3) is 0 Å². The van der Waals surface area contributed by atoms with Crippen LogP contribution in [0.4, 0.5) is 0 Å². The van der Waals surface area contributed by atoms with Crippen LogP contribution >= 0.6 is 0 Å². The van der Waals surface area contributed by atoms with E-state index in [9.17, 15) is 13.2 Å². The Morgan fingerprint density at radius 3 is 2.35 bits per heavy atom. The van der Waals surface area contributed by atoms with E-state index < -0.39 is 10.0 Å². The number of nitrogens with zero attached hydrogens (tertiary/aromatic N) is 1. The molecule has 0 spiro atoms. The van der Waals surface area contributed by atoms with Crippen LogP contribution in [0.3, 0.4) is 0 Å². The summed E-state index contributed by atoms with van der Waals surface area (Å²) < 4.78 is 25.4. The molecule has 6 heteroatoms. The number of benzene rings is 1. The molecule has 1 aromatic carbocycles. The molecule has 2 fully saturated rings. The lowest BCUT2D eigenvalue weighted by molar-refractivity contribution is -0.122. The fourth-order valence-corrected chi connectivity index (χ4v) is 5.46. The first-order valence-corrected chi connectivity index (χ1v) is 10.1. The lowest BCUT2D eigenvalue weighted by Crippen LogP contribution is -2.52. The Bertz CT molecular complexity index is 646. The maximum Gasteiger partial charge on any atom is 0.220 e. The Morgan fingerprint density at radius 1 is 1.17 bits per heavy atom. The summed E-state index contributed by atoms with van der Waals surface area (Å²) in [5, 5.41) is 3.10. The summed E-state index contributed by atoms with van der Waals surface area (Å²) in [5.41, 5.74) is 1.16. The van der Waals surface area contributed by atoms with Crippen molar-refractivity contribution in [1.29, 1.82) is 0 Å². The minimum absolute atomic E-state index is 0.0585. The average molecular weight is 336 g/mol. The van der Waals surface area contributed by atoms with Gasteiger partial charge in [0, 0.05) is 24.5 Å². The maximum absolute atomic E-state index is 12.2. The second kappa shape index (κ2) is 6.61.